The topological polar surface area (TPSA) is 80.7 Å². The molecule has 20 heavy (non-hydrogen) atoms. The van der Waals surface area contributed by atoms with Gasteiger partial charge in [-0.3, -0.25) is 0 Å². The van der Waals surface area contributed by atoms with E-state index in [2.05, 4.69) is 0 Å². The van der Waals surface area contributed by atoms with Gasteiger partial charge < -0.3 is 26.7 Å². The van der Waals surface area contributed by atoms with Gasteiger partial charge in [0.25, 0.3) is 0 Å². The molecule has 0 unspecified atom stereocenters. The molecule has 0 spiro atoms. The van der Waals surface area contributed by atoms with Gasteiger partial charge in [0.15, 0.2) is 0 Å². The van der Waals surface area contributed by atoms with Gasteiger partial charge in [-0.05, 0) is 18.2 Å². The van der Waals surface area contributed by atoms with Gasteiger partial charge in [0, 0.05) is 0 Å². The highest BCUT2D eigenvalue weighted by atomic mass is 127. The lowest BCUT2D eigenvalue weighted by atomic mass is 10.2. The van der Waals surface area contributed by atoms with E-state index in [0.29, 0.717) is 12.4 Å². The molecule has 0 atom stereocenters. The van der Waals surface area contributed by atoms with Crippen LogP contribution in [0.25, 0.3) is 0 Å². The lowest BCUT2D eigenvalue weighted by Gasteiger charge is -2.23. The molecule has 1 aromatic rings. The normalized spacial score (nSPS) is 11.0. The number of quaternary nitrogens is 1. The Morgan fingerprint density at radius 3 is 2.35 bits per heavy atom. The number of carboxylic acid groups (broad SMARTS) is 1. The average molecular weight is 418 g/mol. The van der Waals surface area contributed by atoms with Gasteiger partial charge in [0.05, 0.1) is 30.3 Å². The van der Waals surface area contributed by atoms with Gasteiger partial charge in [0.2, 0.25) is 0 Å². The van der Waals surface area contributed by atoms with Crippen molar-refractivity contribution >= 4 is 25.8 Å². The standard InChI is InChI=1S/C12H16INO5.ClH/c1-14(2,3)6-7-19-9-4-5-11(13(17)18)10(8-9)12(15)16;/h4-5,8H,6-7H2,1-3H3;1H. The van der Waals surface area contributed by atoms with Crippen molar-refractivity contribution in [1.82, 2.24) is 0 Å². The maximum Gasteiger partial charge on any atom is 0.341 e. The van der Waals surface area contributed by atoms with Gasteiger partial charge in [-0.25, -0.2) is 10.9 Å². The molecule has 8 heteroatoms. The minimum atomic E-state index is -3.81. The Morgan fingerprint density at radius 1 is 1.30 bits per heavy atom. The predicted molar refractivity (Wildman–Crippen MR) is 75.9 cm³/mol. The second-order valence-corrected chi connectivity index (χ2v) is 7.43. The van der Waals surface area contributed by atoms with Gasteiger partial charge in [-0.1, -0.05) is 0 Å². The third-order valence-electron chi connectivity index (χ3n) is 2.37. The fraction of sp³-hybridized carbons (Fsp3) is 0.417. The van der Waals surface area contributed by atoms with Gasteiger partial charge in [-0.15, -0.1) is 0 Å². The Hall–Kier alpha value is -0.930. The Kier molecular flexibility index (Phi) is 7.39. The summed E-state index contributed by atoms with van der Waals surface area (Å²) in [6, 6.07) is 4.03. The SMILES string of the molecule is C[N+](C)(C)CCOc1ccc(I(=O)=O)c(C(=O)O)c1.[Cl-]. The van der Waals surface area contributed by atoms with E-state index in [0.717, 1.165) is 11.0 Å². The van der Waals surface area contributed by atoms with Crippen molar-refractivity contribution in [1.29, 1.82) is 0 Å². The summed E-state index contributed by atoms with van der Waals surface area (Å²) in [5.74, 6) is -0.895. The monoisotopic (exact) mass is 417 g/mol. The van der Waals surface area contributed by atoms with Crippen molar-refractivity contribution in [3.63, 3.8) is 0 Å². The zero-order valence-electron chi connectivity index (χ0n) is 11.4. The molecule has 0 fully saturated rings. The molecule has 0 saturated heterocycles. The minimum Gasteiger partial charge on any atom is -1.00 e. The smallest absolute Gasteiger partial charge is 0.341 e. The molecule has 0 aliphatic heterocycles. The van der Waals surface area contributed by atoms with E-state index in [1.807, 2.05) is 21.1 Å². The molecule has 0 bridgehead atoms. The van der Waals surface area contributed by atoms with E-state index in [1.165, 1.54) is 18.2 Å². The Balaban J connectivity index is 0.00000361. The molecule has 6 nitrogen and oxygen atoms in total. The second kappa shape index (κ2) is 7.75. The third-order valence-corrected chi connectivity index (χ3v) is 4.25. The fourth-order valence-electron chi connectivity index (χ4n) is 1.33. The van der Waals surface area contributed by atoms with Crippen molar-refractivity contribution < 1.29 is 37.7 Å². The molecule has 0 radical (unpaired) electrons. The number of likely N-dealkylation sites (N-methyl/N-ethyl adjacent to an activating group) is 1. The van der Waals surface area contributed by atoms with E-state index in [1.54, 1.807) is 0 Å². The number of hydrogen-bond acceptors (Lipinski definition) is 4. The van der Waals surface area contributed by atoms with Crippen LogP contribution < -0.4 is 17.1 Å². The van der Waals surface area contributed by atoms with Crippen LogP contribution in [0.3, 0.4) is 0 Å². The molecule has 0 aromatic heterocycles. The molecule has 1 aromatic carbocycles. The maximum atomic E-state index is 11.0. The molecule has 0 heterocycles. The van der Waals surface area contributed by atoms with Crippen LogP contribution in [0.15, 0.2) is 18.2 Å². The molecule has 1 rings (SSSR count). The molecular formula is C12H17ClINO5. The van der Waals surface area contributed by atoms with Crippen molar-refractivity contribution in [3.8, 4) is 5.75 Å². The predicted octanol–water partition coefficient (Wildman–Crippen LogP) is -1.16. The summed E-state index contributed by atoms with van der Waals surface area (Å²) in [6.07, 6.45) is 0. The number of ether oxygens (including phenoxy) is 1. The van der Waals surface area contributed by atoms with Gasteiger partial charge in [0.1, 0.15) is 18.9 Å². The van der Waals surface area contributed by atoms with E-state index >= 15 is 0 Å². The first-order valence-corrected chi connectivity index (χ1v) is 8.40. The molecule has 0 aliphatic rings. The van der Waals surface area contributed by atoms with Crippen LogP contribution in [0.2, 0.25) is 0 Å². The lowest BCUT2D eigenvalue weighted by molar-refractivity contribution is -0.870. The summed E-state index contributed by atoms with van der Waals surface area (Å²) in [4.78, 5) is 11.0. The number of carbonyl (C=O) groups is 1. The number of benzene rings is 1. The highest BCUT2D eigenvalue weighted by molar-refractivity contribution is 14.2. The summed E-state index contributed by atoms with van der Waals surface area (Å²) >= 11 is -3.81. The van der Waals surface area contributed by atoms with E-state index < -0.39 is 25.8 Å². The number of nitrogens with zero attached hydrogens (tertiary/aromatic N) is 1. The number of rotatable bonds is 6. The van der Waals surface area contributed by atoms with Gasteiger partial charge in [-0.2, -0.15) is 0 Å². The number of hydrogen-bond donors (Lipinski definition) is 1. The van der Waals surface area contributed by atoms with Crippen LogP contribution in [0, 0.1) is 3.57 Å². The van der Waals surface area contributed by atoms with E-state index in [9.17, 15) is 10.9 Å². The number of aromatic carboxylic acids is 1. The summed E-state index contributed by atoms with van der Waals surface area (Å²) < 4.78 is 28.1. The first kappa shape index (κ1) is 19.1. The largest absolute Gasteiger partial charge is 1.00 e. The van der Waals surface area contributed by atoms with Crippen LogP contribution in [0.4, 0.5) is 0 Å². The first-order chi connectivity index (χ1) is 8.70. The zero-order valence-corrected chi connectivity index (χ0v) is 14.3. The summed E-state index contributed by atoms with van der Waals surface area (Å²) in [5.41, 5.74) is -0.224. The Labute approximate surface area is 130 Å². The van der Waals surface area contributed by atoms with Crippen molar-refractivity contribution in [2.24, 2.45) is 0 Å². The van der Waals surface area contributed by atoms with Crippen LogP contribution in [0.5, 0.6) is 5.75 Å². The number of halogens is 2. The summed E-state index contributed by atoms with van der Waals surface area (Å²) in [6.45, 7) is 1.19. The highest BCUT2D eigenvalue weighted by Crippen LogP contribution is 2.25. The molecule has 0 saturated carbocycles. The lowest BCUT2D eigenvalue weighted by Crippen LogP contribution is -3.00. The third kappa shape index (κ3) is 6.02. The minimum absolute atomic E-state index is 0. The number of carboxylic acids is 1. The second-order valence-electron chi connectivity index (χ2n) is 5.03. The van der Waals surface area contributed by atoms with Crippen LogP contribution in [-0.4, -0.2) is 49.9 Å². The average Bonchev–Trinajstić information content (AvgIpc) is 2.26. The van der Waals surface area contributed by atoms with Crippen LogP contribution in [0.1, 0.15) is 10.4 Å². The molecule has 0 amide bonds. The van der Waals surface area contributed by atoms with E-state index in [4.69, 9.17) is 9.84 Å². The highest BCUT2D eigenvalue weighted by Gasteiger charge is 2.15. The van der Waals surface area contributed by atoms with Crippen LogP contribution in [-0.2, 0) is 6.14 Å². The fourth-order valence-corrected chi connectivity index (χ4v) is 2.66. The van der Waals surface area contributed by atoms with Crippen LogP contribution >= 0.6 is 19.8 Å². The van der Waals surface area contributed by atoms with E-state index in [-0.39, 0.29) is 21.5 Å². The Morgan fingerprint density at radius 2 is 1.90 bits per heavy atom. The molecular weight excluding hydrogens is 400 g/mol. The Bertz CT molecular complexity index is 543. The van der Waals surface area contributed by atoms with Crippen molar-refractivity contribution in [2.75, 3.05) is 34.3 Å². The van der Waals surface area contributed by atoms with Crippen molar-refractivity contribution in [2.45, 2.75) is 0 Å². The van der Waals surface area contributed by atoms with Crippen molar-refractivity contribution in [3.05, 3.63) is 27.3 Å². The van der Waals surface area contributed by atoms with Gasteiger partial charge >= 0.3 is 25.8 Å². The quantitative estimate of drug-likeness (QED) is 0.467. The molecule has 114 valence electrons. The summed E-state index contributed by atoms with van der Waals surface area (Å²) in [5, 5.41) is 8.98. The molecule has 1 N–H and O–H groups in total. The summed E-state index contributed by atoms with van der Waals surface area (Å²) in [7, 11) is 6.04. The maximum absolute atomic E-state index is 11.0. The molecule has 0 aliphatic carbocycles. The zero-order chi connectivity index (χ0) is 14.6. The first-order valence-electron chi connectivity index (χ1n) is 5.56.